The molecule has 12 heavy (non-hydrogen) atoms. The summed E-state index contributed by atoms with van der Waals surface area (Å²) in [6.07, 6.45) is 1.26. The van der Waals surface area contributed by atoms with E-state index in [1.54, 1.807) is 13.8 Å². The molecule has 0 amide bonds. The summed E-state index contributed by atoms with van der Waals surface area (Å²) in [5.74, 6) is 0. The van der Waals surface area contributed by atoms with E-state index < -0.39 is 17.1 Å². The van der Waals surface area contributed by atoms with Gasteiger partial charge in [-0.15, -0.1) is 0 Å². The first kappa shape index (κ1) is 11.9. The van der Waals surface area contributed by atoms with Gasteiger partial charge in [-0.2, -0.15) is 0 Å². The molecule has 0 fully saturated rings. The third-order valence-corrected chi connectivity index (χ3v) is 2.97. The summed E-state index contributed by atoms with van der Waals surface area (Å²) in [5.41, 5.74) is -1.27. The van der Waals surface area contributed by atoms with Gasteiger partial charge in [-0.05, 0) is 20.3 Å². The normalized spacial score (nSPS) is 16.2. The van der Waals surface area contributed by atoms with Crippen LogP contribution in [-0.2, 0) is 0 Å². The van der Waals surface area contributed by atoms with Gasteiger partial charge in [0.2, 0.25) is 0 Å². The van der Waals surface area contributed by atoms with Crippen LogP contribution in [0.3, 0.4) is 0 Å². The smallest absolute Gasteiger partial charge is 0.0667 e. The average Bonchev–Trinajstić information content (AvgIpc) is 1.85. The van der Waals surface area contributed by atoms with Gasteiger partial charge in [0.1, 0.15) is 0 Å². The minimum atomic E-state index is -0.832. The number of hydrogen-bond donors (Lipinski definition) is 2. The number of rotatable bonds is 4. The van der Waals surface area contributed by atoms with E-state index in [1.807, 2.05) is 20.8 Å². The van der Waals surface area contributed by atoms with Gasteiger partial charge >= 0.3 is 0 Å². The van der Waals surface area contributed by atoms with Crippen LogP contribution in [0.2, 0.25) is 0 Å². The second-order valence-corrected chi connectivity index (χ2v) is 4.59. The van der Waals surface area contributed by atoms with Gasteiger partial charge in [0.25, 0.3) is 0 Å². The molecule has 0 radical (unpaired) electrons. The van der Waals surface area contributed by atoms with Gasteiger partial charge in [-0.3, -0.25) is 0 Å². The maximum atomic E-state index is 9.78. The largest absolute Gasteiger partial charge is 0.392 e. The van der Waals surface area contributed by atoms with Crippen LogP contribution in [0, 0.1) is 5.41 Å². The van der Waals surface area contributed by atoms with Crippen molar-refractivity contribution in [2.24, 2.45) is 5.41 Å². The zero-order chi connectivity index (χ0) is 9.99. The first-order valence-electron chi connectivity index (χ1n) is 4.64. The lowest BCUT2D eigenvalue weighted by Crippen LogP contribution is -2.47. The first-order valence-corrected chi connectivity index (χ1v) is 4.64. The van der Waals surface area contributed by atoms with Crippen LogP contribution in [0.4, 0.5) is 0 Å². The van der Waals surface area contributed by atoms with Crippen molar-refractivity contribution in [2.75, 3.05) is 0 Å². The Hall–Kier alpha value is -0.0800. The summed E-state index contributed by atoms with van der Waals surface area (Å²) < 4.78 is 0. The molecule has 0 aliphatic heterocycles. The fourth-order valence-electron chi connectivity index (χ4n) is 1.04. The van der Waals surface area contributed by atoms with Crippen LogP contribution in [0.15, 0.2) is 0 Å². The molecule has 1 unspecified atom stereocenters. The molecule has 0 saturated heterocycles. The van der Waals surface area contributed by atoms with Gasteiger partial charge in [0.05, 0.1) is 11.7 Å². The van der Waals surface area contributed by atoms with E-state index in [4.69, 9.17) is 0 Å². The minimum absolute atomic E-state index is 0.428. The van der Waals surface area contributed by atoms with Crippen LogP contribution in [0.1, 0.15) is 47.5 Å². The Morgan fingerprint density at radius 2 is 1.58 bits per heavy atom. The molecule has 2 N–H and O–H groups in total. The zero-order valence-corrected chi connectivity index (χ0v) is 8.89. The molecule has 0 spiro atoms. The SMILES string of the molecule is CCCC(O)C(C)(C)C(C)(C)O. The van der Waals surface area contributed by atoms with E-state index in [0.29, 0.717) is 0 Å². The van der Waals surface area contributed by atoms with E-state index in [-0.39, 0.29) is 0 Å². The molecule has 2 nitrogen and oxygen atoms in total. The van der Waals surface area contributed by atoms with Crippen molar-refractivity contribution in [3.8, 4) is 0 Å². The van der Waals surface area contributed by atoms with Crippen molar-refractivity contribution in [3.05, 3.63) is 0 Å². The zero-order valence-electron chi connectivity index (χ0n) is 8.89. The highest BCUT2D eigenvalue weighted by atomic mass is 16.3. The van der Waals surface area contributed by atoms with Crippen molar-refractivity contribution < 1.29 is 10.2 Å². The molecular formula is C10H22O2. The summed E-state index contributed by atoms with van der Waals surface area (Å²) in [5, 5.41) is 19.5. The van der Waals surface area contributed by atoms with Gasteiger partial charge in [0, 0.05) is 5.41 Å². The second kappa shape index (κ2) is 3.75. The molecule has 0 saturated carbocycles. The molecular weight excluding hydrogens is 152 g/mol. The molecule has 0 aromatic heterocycles. The van der Waals surface area contributed by atoms with E-state index in [9.17, 15) is 10.2 Å². The van der Waals surface area contributed by atoms with Gasteiger partial charge in [-0.25, -0.2) is 0 Å². The Balaban J connectivity index is 4.38. The van der Waals surface area contributed by atoms with Crippen LogP contribution in [0.25, 0.3) is 0 Å². The predicted molar refractivity (Wildman–Crippen MR) is 51.0 cm³/mol. The summed E-state index contributed by atoms with van der Waals surface area (Å²) in [6.45, 7) is 9.31. The van der Waals surface area contributed by atoms with Crippen LogP contribution < -0.4 is 0 Å². The van der Waals surface area contributed by atoms with Gasteiger partial charge < -0.3 is 10.2 Å². The van der Waals surface area contributed by atoms with E-state index in [1.165, 1.54) is 0 Å². The quantitative estimate of drug-likeness (QED) is 0.684. The van der Waals surface area contributed by atoms with E-state index >= 15 is 0 Å². The summed E-state index contributed by atoms with van der Waals surface area (Å²) in [7, 11) is 0. The molecule has 0 aromatic rings. The Morgan fingerprint density at radius 1 is 1.17 bits per heavy atom. The molecule has 0 aliphatic rings. The third-order valence-electron chi connectivity index (χ3n) is 2.97. The summed E-state index contributed by atoms with van der Waals surface area (Å²) >= 11 is 0. The molecule has 2 heteroatoms. The Morgan fingerprint density at radius 3 is 1.83 bits per heavy atom. The van der Waals surface area contributed by atoms with Crippen molar-refractivity contribution in [2.45, 2.75) is 59.2 Å². The van der Waals surface area contributed by atoms with E-state index in [2.05, 4.69) is 0 Å². The highest BCUT2D eigenvalue weighted by Crippen LogP contribution is 2.35. The maximum Gasteiger partial charge on any atom is 0.0667 e. The first-order chi connectivity index (χ1) is 5.23. The Labute approximate surface area is 75.6 Å². The van der Waals surface area contributed by atoms with Crippen LogP contribution in [0.5, 0.6) is 0 Å². The highest BCUT2D eigenvalue weighted by Gasteiger charge is 2.40. The molecule has 0 heterocycles. The topological polar surface area (TPSA) is 40.5 Å². The number of hydrogen-bond acceptors (Lipinski definition) is 2. The minimum Gasteiger partial charge on any atom is -0.392 e. The predicted octanol–water partition coefficient (Wildman–Crippen LogP) is 1.94. The molecule has 74 valence electrons. The summed E-state index contributed by atoms with van der Waals surface area (Å²) in [6, 6.07) is 0. The molecule has 0 aliphatic carbocycles. The molecule has 0 aromatic carbocycles. The fraction of sp³-hybridized carbons (Fsp3) is 1.00. The maximum absolute atomic E-state index is 9.78. The molecule has 1 atom stereocenters. The number of aliphatic hydroxyl groups excluding tert-OH is 1. The fourth-order valence-corrected chi connectivity index (χ4v) is 1.04. The Bertz CT molecular complexity index is 133. The second-order valence-electron chi connectivity index (χ2n) is 4.59. The lowest BCUT2D eigenvalue weighted by atomic mass is 9.72. The number of aliphatic hydroxyl groups is 2. The lowest BCUT2D eigenvalue weighted by Gasteiger charge is -2.41. The Kier molecular flexibility index (Phi) is 3.73. The van der Waals surface area contributed by atoms with Gasteiger partial charge in [0.15, 0.2) is 0 Å². The monoisotopic (exact) mass is 174 g/mol. The van der Waals surface area contributed by atoms with E-state index in [0.717, 1.165) is 12.8 Å². The standard InChI is InChI=1S/C10H22O2/c1-6-7-8(11)9(2,3)10(4,5)12/h8,11-12H,6-7H2,1-5H3. The average molecular weight is 174 g/mol. The lowest BCUT2D eigenvalue weighted by molar-refractivity contribution is -0.105. The van der Waals surface area contributed by atoms with Crippen LogP contribution in [-0.4, -0.2) is 21.9 Å². The van der Waals surface area contributed by atoms with Crippen molar-refractivity contribution in [1.29, 1.82) is 0 Å². The van der Waals surface area contributed by atoms with Gasteiger partial charge in [-0.1, -0.05) is 27.2 Å². The third kappa shape index (κ3) is 2.46. The van der Waals surface area contributed by atoms with Crippen molar-refractivity contribution in [1.82, 2.24) is 0 Å². The van der Waals surface area contributed by atoms with Crippen LogP contribution >= 0.6 is 0 Å². The van der Waals surface area contributed by atoms with Crippen molar-refractivity contribution in [3.63, 3.8) is 0 Å². The molecule has 0 bridgehead atoms. The van der Waals surface area contributed by atoms with Crippen molar-refractivity contribution >= 4 is 0 Å². The highest BCUT2D eigenvalue weighted by molar-refractivity contribution is 4.91. The molecule has 0 rings (SSSR count). The summed E-state index contributed by atoms with van der Waals surface area (Å²) in [4.78, 5) is 0.